The van der Waals surface area contributed by atoms with Crippen molar-refractivity contribution in [3.8, 4) is 11.8 Å². The van der Waals surface area contributed by atoms with Crippen LogP contribution in [0.3, 0.4) is 0 Å². The number of hydrogen-bond acceptors (Lipinski definition) is 3. The molecule has 2 aromatic rings. The van der Waals surface area contributed by atoms with Gasteiger partial charge in [-0.15, -0.1) is 0 Å². The number of rotatable bonds is 6. The molecule has 0 aliphatic carbocycles. The zero-order valence-corrected chi connectivity index (χ0v) is 15.7. The molecular weight excluding hydrogens is 337 g/mol. The molecule has 0 saturated heterocycles. The Morgan fingerprint density at radius 1 is 1.32 bits per heavy atom. The summed E-state index contributed by atoms with van der Waals surface area (Å²) < 4.78 is 15.0. The van der Waals surface area contributed by atoms with E-state index in [1.54, 1.807) is 28.5 Å². The van der Waals surface area contributed by atoms with Gasteiger partial charge in [0.25, 0.3) is 0 Å². The van der Waals surface area contributed by atoms with Crippen molar-refractivity contribution < 1.29 is 9.18 Å². The fourth-order valence-electron chi connectivity index (χ4n) is 2.53. The topological polar surface area (TPSA) is 57.8 Å². The quantitative estimate of drug-likeness (QED) is 0.830. The molecular formula is C19H22FN3OS. The highest BCUT2D eigenvalue weighted by Crippen LogP contribution is 2.30. The van der Waals surface area contributed by atoms with E-state index in [0.717, 1.165) is 17.0 Å². The van der Waals surface area contributed by atoms with Crippen molar-refractivity contribution in [1.82, 2.24) is 4.57 Å². The molecule has 0 aliphatic heterocycles. The maximum absolute atomic E-state index is 13.2. The maximum Gasteiger partial charge on any atom is 0.235 e. The van der Waals surface area contributed by atoms with Crippen LogP contribution >= 0.6 is 11.8 Å². The van der Waals surface area contributed by atoms with Gasteiger partial charge in [-0.25, -0.2) is 4.39 Å². The molecule has 1 amide bonds. The first-order valence-electron chi connectivity index (χ1n) is 8.10. The number of carbonyl (C=O) groups excluding carboxylic acids is 1. The van der Waals surface area contributed by atoms with Gasteiger partial charge in [-0.05, 0) is 55.3 Å². The standard InChI is InChI=1S/C19H22FN3OS/c1-12(2)10-25-11-18(24)22-19-17(9-21)13(3)14(4)23(19)16-7-5-15(20)6-8-16/h5-8,12H,10-11H2,1-4H3,(H,22,24). The van der Waals surface area contributed by atoms with Crippen molar-refractivity contribution in [2.24, 2.45) is 5.92 Å². The minimum absolute atomic E-state index is 0.150. The summed E-state index contributed by atoms with van der Waals surface area (Å²) in [6.45, 7) is 7.93. The highest BCUT2D eigenvalue weighted by Gasteiger charge is 2.20. The highest BCUT2D eigenvalue weighted by atomic mass is 32.2. The van der Waals surface area contributed by atoms with Crippen LogP contribution in [-0.2, 0) is 4.79 Å². The third kappa shape index (κ3) is 4.43. The molecule has 1 N–H and O–H groups in total. The van der Waals surface area contributed by atoms with Crippen LogP contribution in [0.25, 0.3) is 5.69 Å². The lowest BCUT2D eigenvalue weighted by Gasteiger charge is -2.13. The lowest BCUT2D eigenvalue weighted by atomic mass is 10.2. The average molecular weight is 359 g/mol. The summed E-state index contributed by atoms with van der Waals surface area (Å²) in [6, 6.07) is 8.15. The van der Waals surface area contributed by atoms with Gasteiger partial charge in [-0.2, -0.15) is 17.0 Å². The van der Waals surface area contributed by atoms with Crippen molar-refractivity contribution >= 4 is 23.5 Å². The van der Waals surface area contributed by atoms with Crippen molar-refractivity contribution in [1.29, 1.82) is 5.26 Å². The summed E-state index contributed by atoms with van der Waals surface area (Å²) in [5, 5.41) is 12.4. The summed E-state index contributed by atoms with van der Waals surface area (Å²) in [7, 11) is 0. The van der Waals surface area contributed by atoms with Crippen LogP contribution in [0.4, 0.5) is 10.2 Å². The van der Waals surface area contributed by atoms with Crippen molar-refractivity contribution in [2.75, 3.05) is 16.8 Å². The van der Waals surface area contributed by atoms with Crippen LogP contribution in [0, 0.1) is 36.9 Å². The highest BCUT2D eigenvalue weighted by molar-refractivity contribution is 7.99. The van der Waals surface area contributed by atoms with E-state index in [9.17, 15) is 14.4 Å². The molecule has 0 bridgehead atoms. The van der Waals surface area contributed by atoms with Crippen molar-refractivity contribution in [2.45, 2.75) is 27.7 Å². The van der Waals surface area contributed by atoms with E-state index in [1.807, 2.05) is 13.8 Å². The van der Waals surface area contributed by atoms with Gasteiger partial charge in [-0.3, -0.25) is 9.36 Å². The Balaban J connectivity index is 2.36. The fraction of sp³-hybridized carbons (Fsp3) is 0.368. The molecule has 0 unspecified atom stereocenters. The van der Waals surface area contributed by atoms with Crippen molar-refractivity contribution in [3.05, 3.63) is 46.9 Å². The summed E-state index contributed by atoms with van der Waals surface area (Å²) >= 11 is 1.56. The van der Waals surface area contributed by atoms with Crippen LogP contribution in [0.2, 0.25) is 0 Å². The molecule has 6 heteroatoms. The molecule has 0 spiro atoms. The number of halogens is 1. The molecule has 132 valence electrons. The predicted octanol–water partition coefficient (Wildman–Crippen LogP) is 4.43. The Morgan fingerprint density at radius 3 is 2.52 bits per heavy atom. The minimum Gasteiger partial charge on any atom is -0.310 e. The number of nitrogens with zero attached hydrogens (tertiary/aromatic N) is 2. The summed E-state index contributed by atoms with van der Waals surface area (Å²) in [6.07, 6.45) is 0. The monoisotopic (exact) mass is 359 g/mol. The normalized spacial score (nSPS) is 10.8. The zero-order chi connectivity index (χ0) is 18.6. The SMILES string of the molecule is Cc1c(C#N)c(NC(=O)CSCC(C)C)n(-c2ccc(F)cc2)c1C. The number of anilines is 1. The van der Waals surface area contributed by atoms with Crippen LogP contribution in [0.5, 0.6) is 0 Å². The van der Waals surface area contributed by atoms with Crippen LogP contribution in [-0.4, -0.2) is 22.0 Å². The van der Waals surface area contributed by atoms with Crippen LogP contribution in [0.1, 0.15) is 30.7 Å². The van der Waals surface area contributed by atoms with Crippen LogP contribution < -0.4 is 5.32 Å². The van der Waals surface area contributed by atoms with Gasteiger partial charge in [0, 0.05) is 11.4 Å². The molecule has 4 nitrogen and oxygen atoms in total. The minimum atomic E-state index is -0.332. The number of thioether (sulfide) groups is 1. The Hall–Kier alpha value is -2.26. The van der Waals surface area contributed by atoms with E-state index >= 15 is 0 Å². The summed E-state index contributed by atoms with van der Waals surface area (Å²) in [4.78, 5) is 12.3. The predicted molar refractivity (Wildman–Crippen MR) is 101 cm³/mol. The molecule has 0 radical (unpaired) electrons. The van der Waals surface area contributed by atoms with Gasteiger partial charge in [0.05, 0.1) is 11.3 Å². The van der Waals surface area contributed by atoms with Gasteiger partial charge >= 0.3 is 0 Å². The van der Waals surface area contributed by atoms with Gasteiger partial charge in [0.15, 0.2) is 0 Å². The second-order valence-corrected chi connectivity index (χ2v) is 7.35. The molecule has 25 heavy (non-hydrogen) atoms. The van der Waals surface area contributed by atoms with E-state index in [2.05, 4.69) is 25.2 Å². The van der Waals surface area contributed by atoms with Crippen molar-refractivity contribution in [3.63, 3.8) is 0 Å². The molecule has 2 rings (SSSR count). The number of nitrogens with one attached hydrogen (secondary N) is 1. The maximum atomic E-state index is 13.2. The number of carbonyl (C=O) groups is 1. The molecule has 0 fully saturated rings. The number of aromatic nitrogens is 1. The van der Waals surface area contributed by atoms with E-state index in [1.165, 1.54) is 12.1 Å². The van der Waals surface area contributed by atoms with E-state index < -0.39 is 0 Å². The Bertz CT molecular complexity index is 804. The molecule has 1 aromatic heterocycles. The van der Waals surface area contributed by atoms with E-state index in [4.69, 9.17) is 0 Å². The summed E-state index contributed by atoms with van der Waals surface area (Å²) in [5.74, 6) is 1.70. The molecule has 0 saturated carbocycles. The Morgan fingerprint density at radius 2 is 1.96 bits per heavy atom. The molecule has 0 atom stereocenters. The molecule has 1 aromatic carbocycles. The van der Waals surface area contributed by atoms with Gasteiger partial charge < -0.3 is 5.32 Å². The number of hydrogen-bond donors (Lipinski definition) is 1. The zero-order valence-electron chi connectivity index (χ0n) is 14.9. The molecule has 0 aliphatic rings. The second-order valence-electron chi connectivity index (χ2n) is 6.31. The Labute approximate surface area is 152 Å². The third-order valence-corrected chi connectivity index (χ3v) is 5.22. The average Bonchev–Trinajstić information content (AvgIpc) is 2.78. The smallest absolute Gasteiger partial charge is 0.235 e. The third-order valence-electron chi connectivity index (χ3n) is 3.85. The lowest BCUT2D eigenvalue weighted by molar-refractivity contribution is -0.113. The molecule has 1 heterocycles. The number of amides is 1. The lowest BCUT2D eigenvalue weighted by Crippen LogP contribution is -2.18. The Kier molecular flexibility index (Phi) is 6.27. The van der Waals surface area contributed by atoms with Gasteiger partial charge in [0.1, 0.15) is 17.7 Å². The van der Waals surface area contributed by atoms with Gasteiger partial charge in [0.2, 0.25) is 5.91 Å². The largest absolute Gasteiger partial charge is 0.310 e. The first-order chi connectivity index (χ1) is 11.8. The second kappa shape index (κ2) is 8.21. The van der Waals surface area contributed by atoms with E-state index in [-0.39, 0.29) is 11.7 Å². The van der Waals surface area contributed by atoms with Gasteiger partial charge in [-0.1, -0.05) is 13.8 Å². The number of benzene rings is 1. The fourth-order valence-corrected chi connectivity index (χ4v) is 3.38. The first kappa shape index (κ1) is 19.1. The van der Waals surface area contributed by atoms with E-state index in [0.29, 0.717) is 28.7 Å². The first-order valence-corrected chi connectivity index (χ1v) is 9.26. The van der Waals surface area contributed by atoms with Crippen LogP contribution in [0.15, 0.2) is 24.3 Å². The number of nitriles is 1. The summed E-state index contributed by atoms with van der Waals surface area (Å²) in [5.41, 5.74) is 2.78.